The van der Waals surface area contributed by atoms with Crippen LogP contribution in [0.2, 0.25) is 0 Å². The Hall–Kier alpha value is -3.85. The third-order valence-corrected chi connectivity index (χ3v) is 6.62. The molecule has 188 valence electrons. The van der Waals surface area contributed by atoms with Gasteiger partial charge in [-0.2, -0.15) is 5.10 Å². The molecule has 3 heterocycles. The van der Waals surface area contributed by atoms with E-state index >= 15 is 0 Å². The molecular formula is C27H30N4O5. The fourth-order valence-corrected chi connectivity index (χ4v) is 4.53. The predicted molar refractivity (Wildman–Crippen MR) is 134 cm³/mol. The Bertz CT molecular complexity index is 1190. The largest absolute Gasteiger partial charge is 0.493 e. The minimum Gasteiger partial charge on any atom is -0.493 e. The molecule has 1 aromatic heterocycles. The van der Waals surface area contributed by atoms with Crippen LogP contribution in [-0.2, 0) is 9.53 Å². The molecule has 9 nitrogen and oxygen atoms in total. The van der Waals surface area contributed by atoms with Gasteiger partial charge in [0, 0.05) is 38.1 Å². The molecule has 0 aliphatic carbocycles. The summed E-state index contributed by atoms with van der Waals surface area (Å²) >= 11 is 0. The molecule has 0 spiro atoms. The molecule has 0 radical (unpaired) electrons. The van der Waals surface area contributed by atoms with Gasteiger partial charge in [0.1, 0.15) is 6.10 Å². The lowest BCUT2D eigenvalue weighted by atomic mass is 10.1. The lowest BCUT2D eigenvalue weighted by Crippen LogP contribution is -2.41. The van der Waals surface area contributed by atoms with Crippen LogP contribution in [-0.4, -0.2) is 66.0 Å². The predicted octanol–water partition coefficient (Wildman–Crippen LogP) is 3.54. The van der Waals surface area contributed by atoms with E-state index in [2.05, 4.69) is 10.4 Å². The molecule has 3 aromatic rings. The summed E-state index contributed by atoms with van der Waals surface area (Å²) in [6.45, 7) is 2.35. The zero-order valence-electron chi connectivity index (χ0n) is 20.3. The van der Waals surface area contributed by atoms with E-state index in [4.69, 9.17) is 14.2 Å². The van der Waals surface area contributed by atoms with E-state index < -0.39 is 0 Å². The molecule has 0 unspecified atom stereocenters. The first-order chi connectivity index (χ1) is 17.6. The smallest absolute Gasteiger partial charge is 0.253 e. The molecule has 9 heteroatoms. The van der Waals surface area contributed by atoms with E-state index in [1.165, 1.54) is 0 Å². The van der Waals surface area contributed by atoms with E-state index in [9.17, 15) is 9.59 Å². The fourth-order valence-electron chi connectivity index (χ4n) is 4.53. The number of ether oxygens (including phenoxy) is 3. The second-order valence-corrected chi connectivity index (χ2v) is 9.03. The number of amides is 2. The van der Waals surface area contributed by atoms with Gasteiger partial charge in [-0.25, -0.2) is 4.68 Å². The summed E-state index contributed by atoms with van der Waals surface area (Å²) in [7, 11) is 1.63. The Balaban J connectivity index is 1.15. The Morgan fingerprint density at radius 3 is 2.47 bits per heavy atom. The van der Waals surface area contributed by atoms with Crippen LogP contribution in [0.4, 0.5) is 5.69 Å². The maximum atomic E-state index is 13.0. The number of piperidine rings is 1. The van der Waals surface area contributed by atoms with E-state index in [0.717, 1.165) is 30.7 Å². The van der Waals surface area contributed by atoms with Crippen LogP contribution >= 0.6 is 0 Å². The molecule has 1 N–H and O–H groups in total. The summed E-state index contributed by atoms with van der Waals surface area (Å²) in [6, 6.07) is 14.9. The molecule has 2 amide bonds. The van der Waals surface area contributed by atoms with Crippen molar-refractivity contribution in [2.45, 2.75) is 25.4 Å². The normalized spacial score (nSPS) is 18.1. The minimum absolute atomic E-state index is 0.00416. The minimum atomic E-state index is -0.114. The zero-order chi connectivity index (χ0) is 24.9. The third kappa shape index (κ3) is 5.36. The summed E-state index contributed by atoms with van der Waals surface area (Å²) in [5.41, 5.74) is 2.06. The first kappa shape index (κ1) is 23.9. The summed E-state index contributed by atoms with van der Waals surface area (Å²) < 4.78 is 18.4. The number of methoxy groups -OCH3 is 1. The number of para-hydroxylation sites is 2. The van der Waals surface area contributed by atoms with Crippen molar-refractivity contribution in [3.63, 3.8) is 0 Å². The Labute approximate surface area is 209 Å². The topological polar surface area (TPSA) is 94.9 Å². The average molecular weight is 491 g/mol. The van der Waals surface area contributed by atoms with Gasteiger partial charge in [-0.1, -0.05) is 12.1 Å². The molecular weight excluding hydrogens is 460 g/mol. The molecule has 2 saturated heterocycles. The van der Waals surface area contributed by atoms with Gasteiger partial charge in [-0.3, -0.25) is 9.59 Å². The van der Waals surface area contributed by atoms with E-state index in [0.29, 0.717) is 43.3 Å². The number of likely N-dealkylation sites (tertiary alicyclic amines) is 1. The molecule has 0 saturated carbocycles. The summed E-state index contributed by atoms with van der Waals surface area (Å²) in [5.74, 6) is 1.28. The fraction of sp³-hybridized carbons (Fsp3) is 0.370. The van der Waals surface area contributed by atoms with Gasteiger partial charge >= 0.3 is 0 Å². The molecule has 5 rings (SSSR count). The Morgan fingerprint density at radius 1 is 1.03 bits per heavy atom. The van der Waals surface area contributed by atoms with Gasteiger partial charge in [-0.15, -0.1) is 0 Å². The van der Waals surface area contributed by atoms with Crippen LogP contribution < -0.4 is 14.8 Å². The highest BCUT2D eigenvalue weighted by Gasteiger charge is 2.26. The molecule has 2 aliphatic heterocycles. The van der Waals surface area contributed by atoms with Crippen molar-refractivity contribution in [3.8, 4) is 17.2 Å². The second-order valence-electron chi connectivity index (χ2n) is 9.03. The van der Waals surface area contributed by atoms with Crippen LogP contribution in [0.15, 0.2) is 60.9 Å². The number of hydrogen-bond donors (Lipinski definition) is 1. The van der Waals surface area contributed by atoms with Crippen molar-refractivity contribution < 1.29 is 23.8 Å². The lowest BCUT2D eigenvalue weighted by Gasteiger charge is -2.32. The highest BCUT2D eigenvalue weighted by molar-refractivity contribution is 5.94. The maximum Gasteiger partial charge on any atom is 0.253 e. The number of nitrogens with one attached hydrogen (secondary N) is 1. The van der Waals surface area contributed by atoms with E-state index in [1.807, 2.05) is 53.4 Å². The molecule has 36 heavy (non-hydrogen) atoms. The number of anilines is 1. The SMILES string of the molecule is COc1ccccc1OC1CCN(C(=O)c2ccc(-n3cc(NC(=O)[C@H]4CCOC4)cn3)cc2)CC1. The number of hydrogen-bond acceptors (Lipinski definition) is 6. The molecule has 0 bridgehead atoms. The van der Waals surface area contributed by atoms with Gasteiger partial charge in [0.2, 0.25) is 5.91 Å². The zero-order valence-corrected chi connectivity index (χ0v) is 20.3. The van der Waals surface area contributed by atoms with Gasteiger partial charge in [-0.05, 0) is 42.8 Å². The number of carbonyl (C=O) groups excluding carboxylic acids is 2. The van der Waals surface area contributed by atoms with Crippen molar-refractivity contribution in [1.82, 2.24) is 14.7 Å². The Morgan fingerprint density at radius 2 is 1.78 bits per heavy atom. The molecule has 2 fully saturated rings. The van der Waals surface area contributed by atoms with Crippen LogP contribution in [0, 0.1) is 5.92 Å². The molecule has 2 aliphatic rings. The number of nitrogens with zero attached hydrogens (tertiary/aromatic N) is 3. The van der Waals surface area contributed by atoms with Crippen molar-refractivity contribution >= 4 is 17.5 Å². The van der Waals surface area contributed by atoms with E-state index in [-0.39, 0.29) is 23.8 Å². The molecule has 2 aromatic carbocycles. The number of benzene rings is 2. The van der Waals surface area contributed by atoms with Crippen molar-refractivity contribution in [2.24, 2.45) is 5.92 Å². The average Bonchev–Trinajstić information content (AvgIpc) is 3.62. The summed E-state index contributed by atoms with van der Waals surface area (Å²) in [6.07, 6.45) is 5.68. The van der Waals surface area contributed by atoms with Gasteiger partial charge < -0.3 is 24.4 Å². The van der Waals surface area contributed by atoms with Gasteiger partial charge in [0.15, 0.2) is 11.5 Å². The highest BCUT2D eigenvalue weighted by Crippen LogP contribution is 2.29. The maximum absolute atomic E-state index is 13.0. The summed E-state index contributed by atoms with van der Waals surface area (Å²) in [4.78, 5) is 27.2. The van der Waals surface area contributed by atoms with Crippen molar-refractivity contribution in [1.29, 1.82) is 0 Å². The van der Waals surface area contributed by atoms with Gasteiger partial charge in [0.25, 0.3) is 5.91 Å². The Kier molecular flexibility index (Phi) is 7.18. The first-order valence-electron chi connectivity index (χ1n) is 12.2. The van der Waals surface area contributed by atoms with Crippen LogP contribution in [0.25, 0.3) is 5.69 Å². The van der Waals surface area contributed by atoms with E-state index in [1.54, 1.807) is 24.2 Å². The second kappa shape index (κ2) is 10.8. The van der Waals surface area contributed by atoms with Crippen molar-refractivity contribution in [3.05, 3.63) is 66.5 Å². The standard InChI is InChI=1S/C27H30N4O5/c1-34-24-4-2-3-5-25(24)36-23-10-13-30(14-11-23)27(33)19-6-8-22(9-7-19)31-17-21(16-28-31)29-26(32)20-12-15-35-18-20/h2-9,16-17,20,23H,10-15,18H2,1H3,(H,29,32)/t20-/m0/s1. The quantitative estimate of drug-likeness (QED) is 0.545. The van der Waals surface area contributed by atoms with Crippen LogP contribution in [0.3, 0.4) is 0 Å². The monoisotopic (exact) mass is 490 g/mol. The molecule has 1 atom stereocenters. The van der Waals surface area contributed by atoms with Gasteiger partial charge in [0.05, 0.1) is 43.4 Å². The highest BCUT2D eigenvalue weighted by atomic mass is 16.5. The number of rotatable bonds is 7. The lowest BCUT2D eigenvalue weighted by molar-refractivity contribution is -0.119. The number of carbonyl (C=O) groups is 2. The van der Waals surface area contributed by atoms with Crippen molar-refractivity contribution in [2.75, 3.05) is 38.7 Å². The third-order valence-electron chi connectivity index (χ3n) is 6.62. The summed E-state index contributed by atoms with van der Waals surface area (Å²) in [5, 5.41) is 7.23. The van der Waals surface area contributed by atoms with Crippen LogP contribution in [0.1, 0.15) is 29.6 Å². The van der Waals surface area contributed by atoms with Crippen LogP contribution in [0.5, 0.6) is 11.5 Å². The first-order valence-corrected chi connectivity index (χ1v) is 12.2. The number of aromatic nitrogens is 2.